The lowest BCUT2D eigenvalue weighted by Gasteiger charge is -2.26. The van der Waals surface area contributed by atoms with Crippen LogP contribution in [0.15, 0.2) is 53.0 Å². The molecule has 4 nitrogen and oxygen atoms in total. The van der Waals surface area contributed by atoms with Crippen molar-refractivity contribution < 1.29 is 13.6 Å². The van der Waals surface area contributed by atoms with E-state index in [1.807, 2.05) is 36.4 Å². The highest BCUT2D eigenvalue weighted by Crippen LogP contribution is 2.59. The average Bonchev–Trinajstić information content (AvgIpc) is 2.54. The third kappa shape index (κ3) is 4.12. The molecule has 22 heavy (non-hydrogen) atoms. The molecule has 2 rings (SSSR count). The first-order chi connectivity index (χ1) is 10.5. The van der Waals surface area contributed by atoms with Crippen molar-refractivity contribution in [3.63, 3.8) is 0 Å². The Morgan fingerprint density at radius 2 is 1.59 bits per heavy atom. The van der Waals surface area contributed by atoms with Gasteiger partial charge in [-0.05, 0) is 42.0 Å². The lowest BCUT2D eigenvalue weighted by molar-refractivity contribution is 0.268. The van der Waals surface area contributed by atoms with Gasteiger partial charge in [-0.25, -0.2) is 0 Å². The first-order valence-electron chi connectivity index (χ1n) is 6.47. The summed E-state index contributed by atoms with van der Waals surface area (Å²) in [5.74, 6) is -0.628. The summed E-state index contributed by atoms with van der Waals surface area (Å²) >= 11 is 9.28. The van der Waals surface area contributed by atoms with Gasteiger partial charge in [0.1, 0.15) is 0 Å². The fourth-order valence-electron chi connectivity index (χ4n) is 1.98. The zero-order chi connectivity index (χ0) is 16.2. The Balaban J connectivity index is 2.39. The second-order valence-corrected chi connectivity index (χ2v) is 8.19. The molecule has 0 aromatic heterocycles. The van der Waals surface area contributed by atoms with E-state index >= 15 is 0 Å². The fraction of sp³-hybridized carbons (Fsp3) is 0.200. The van der Waals surface area contributed by atoms with E-state index in [2.05, 4.69) is 21.2 Å². The van der Waals surface area contributed by atoms with E-state index in [-0.39, 0.29) is 0 Å². The summed E-state index contributed by atoms with van der Waals surface area (Å²) in [4.78, 5) is 0. The maximum atomic E-state index is 12.9. The van der Waals surface area contributed by atoms with Gasteiger partial charge in [-0.3, -0.25) is 4.57 Å². The molecule has 0 spiro atoms. The third-order valence-electron chi connectivity index (χ3n) is 3.16. The van der Waals surface area contributed by atoms with Crippen molar-refractivity contribution in [2.24, 2.45) is 0 Å². The SMILES string of the molecule is COP(=O)(OC)C(Nc1ccc(Cl)cc1)c1ccc(Br)cc1. The first-order valence-corrected chi connectivity index (χ1v) is 9.25. The number of anilines is 1. The van der Waals surface area contributed by atoms with Crippen LogP contribution in [-0.2, 0) is 13.6 Å². The van der Waals surface area contributed by atoms with Crippen LogP contribution in [0.5, 0.6) is 0 Å². The monoisotopic (exact) mass is 403 g/mol. The van der Waals surface area contributed by atoms with Gasteiger partial charge in [-0.2, -0.15) is 0 Å². The van der Waals surface area contributed by atoms with Crippen molar-refractivity contribution in [3.05, 3.63) is 63.6 Å². The van der Waals surface area contributed by atoms with Gasteiger partial charge in [0.05, 0.1) is 0 Å². The van der Waals surface area contributed by atoms with E-state index in [0.717, 1.165) is 15.7 Å². The molecule has 0 aliphatic heterocycles. The highest BCUT2D eigenvalue weighted by Gasteiger charge is 2.35. The van der Waals surface area contributed by atoms with Crippen molar-refractivity contribution >= 4 is 40.8 Å². The van der Waals surface area contributed by atoms with Crippen molar-refractivity contribution in [2.75, 3.05) is 19.5 Å². The van der Waals surface area contributed by atoms with Gasteiger partial charge in [0.2, 0.25) is 0 Å². The lowest BCUT2D eigenvalue weighted by atomic mass is 10.2. The molecular formula is C15H16BrClNO3P. The minimum atomic E-state index is -3.37. The third-order valence-corrected chi connectivity index (χ3v) is 6.02. The summed E-state index contributed by atoms with van der Waals surface area (Å²) in [5, 5.41) is 3.83. The van der Waals surface area contributed by atoms with Gasteiger partial charge < -0.3 is 14.4 Å². The maximum absolute atomic E-state index is 12.9. The van der Waals surface area contributed by atoms with Crippen molar-refractivity contribution in [1.29, 1.82) is 0 Å². The van der Waals surface area contributed by atoms with Crippen LogP contribution in [0.1, 0.15) is 11.3 Å². The van der Waals surface area contributed by atoms with Gasteiger partial charge >= 0.3 is 7.60 Å². The molecular weight excluding hydrogens is 389 g/mol. The minimum absolute atomic E-state index is 0.628. The van der Waals surface area contributed by atoms with E-state index in [1.165, 1.54) is 14.2 Å². The molecule has 0 heterocycles. The summed E-state index contributed by atoms with van der Waals surface area (Å²) < 4.78 is 24.1. The molecule has 0 saturated heterocycles. The second-order valence-electron chi connectivity index (χ2n) is 4.51. The summed E-state index contributed by atoms with van der Waals surface area (Å²) in [5.41, 5.74) is 1.57. The van der Waals surface area contributed by atoms with Crippen LogP contribution in [-0.4, -0.2) is 14.2 Å². The van der Waals surface area contributed by atoms with Crippen LogP contribution >= 0.6 is 35.1 Å². The molecule has 7 heteroatoms. The number of benzene rings is 2. The maximum Gasteiger partial charge on any atom is 0.356 e. The van der Waals surface area contributed by atoms with Gasteiger partial charge in [0, 0.05) is 29.4 Å². The van der Waals surface area contributed by atoms with Crippen LogP contribution in [0.3, 0.4) is 0 Å². The smallest absolute Gasteiger partial charge is 0.356 e. The number of hydrogen-bond acceptors (Lipinski definition) is 4. The van der Waals surface area contributed by atoms with Crippen LogP contribution in [0, 0.1) is 0 Å². The van der Waals surface area contributed by atoms with E-state index in [4.69, 9.17) is 20.6 Å². The standard InChI is InChI=1S/C15H16BrClNO3P/c1-20-22(19,21-2)15(11-3-5-12(16)6-4-11)18-14-9-7-13(17)8-10-14/h3-10,15,18H,1-2H3. The average molecular weight is 405 g/mol. The van der Waals surface area contributed by atoms with E-state index in [1.54, 1.807) is 12.1 Å². The minimum Gasteiger partial charge on any atom is -0.368 e. The Morgan fingerprint density at radius 1 is 1.05 bits per heavy atom. The Morgan fingerprint density at radius 3 is 2.09 bits per heavy atom. The molecule has 1 unspecified atom stereocenters. The number of hydrogen-bond donors (Lipinski definition) is 1. The Labute approximate surface area is 143 Å². The van der Waals surface area contributed by atoms with Crippen molar-refractivity contribution in [1.82, 2.24) is 0 Å². The van der Waals surface area contributed by atoms with Crippen molar-refractivity contribution in [2.45, 2.75) is 5.78 Å². The van der Waals surface area contributed by atoms with Gasteiger partial charge in [0.15, 0.2) is 5.78 Å². The molecule has 2 aromatic rings. The molecule has 1 atom stereocenters. The van der Waals surface area contributed by atoms with Crippen LogP contribution in [0.25, 0.3) is 0 Å². The molecule has 0 fully saturated rings. The summed E-state index contributed by atoms with van der Waals surface area (Å²) in [6.45, 7) is 0. The topological polar surface area (TPSA) is 47.6 Å². The van der Waals surface area contributed by atoms with Crippen molar-refractivity contribution in [3.8, 4) is 0 Å². The van der Waals surface area contributed by atoms with Gasteiger partial charge in [-0.1, -0.05) is 39.7 Å². The first kappa shape index (κ1) is 17.5. The zero-order valence-electron chi connectivity index (χ0n) is 12.1. The number of halogens is 2. The van der Waals surface area contributed by atoms with Crippen LogP contribution in [0.2, 0.25) is 5.02 Å². The fourth-order valence-corrected chi connectivity index (χ4v) is 3.78. The molecule has 0 aliphatic carbocycles. The predicted octanol–water partition coefficient (Wildman–Crippen LogP) is 5.70. The number of rotatable bonds is 6. The highest BCUT2D eigenvalue weighted by molar-refractivity contribution is 9.10. The molecule has 0 radical (unpaired) electrons. The Bertz CT molecular complexity index is 655. The van der Waals surface area contributed by atoms with Gasteiger partial charge in [0.25, 0.3) is 0 Å². The molecule has 0 aliphatic rings. The molecule has 2 aromatic carbocycles. The highest BCUT2D eigenvalue weighted by atomic mass is 79.9. The summed E-state index contributed by atoms with van der Waals surface area (Å²) in [6.07, 6.45) is 0. The van der Waals surface area contributed by atoms with Crippen LogP contribution in [0.4, 0.5) is 5.69 Å². The summed E-state index contributed by atoms with van der Waals surface area (Å²) in [7, 11) is -0.616. The van der Waals surface area contributed by atoms with Gasteiger partial charge in [-0.15, -0.1) is 0 Å². The molecule has 0 saturated carbocycles. The molecule has 0 amide bonds. The quantitative estimate of drug-likeness (QED) is 0.628. The Kier molecular flexibility index (Phi) is 6.07. The number of nitrogens with one attached hydrogen (secondary N) is 1. The zero-order valence-corrected chi connectivity index (χ0v) is 15.4. The lowest BCUT2D eigenvalue weighted by Crippen LogP contribution is -2.13. The summed E-state index contributed by atoms with van der Waals surface area (Å²) in [6, 6.07) is 14.6. The molecule has 0 bridgehead atoms. The molecule has 118 valence electrons. The Hall–Kier alpha value is -0.840. The normalized spacial score (nSPS) is 12.9. The predicted molar refractivity (Wildman–Crippen MR) is 93.6 cm³/mol. The van der Waals surface area contributed by atoms with E-state index in [9.17, 15) is 4.57 Å². The molecule has 1 N–H and O–H groups in total. The van der Waals surface area contributed by atoms with E-state index < -0.39 is 13.4 Å². The van der Waals surface area contributed by atoms with Crippen LogP contribution < -0.4 is 5.32 Å². The largest absolute Gasteiger partial charge is 0.368 e. The van der Waals surface area contributed by atoms with E-state index in [0.29, 0.717) is 5.02 Å². The second kappa shape index (κ2) is 7.62.